The summed E-state index contributed by atoms with van der Waals surface area (Å²) in [5.74, 6) is 0.549. The van der Waals surface area contributed by atoms with E-state index in [0.29, 0.717) is 5.92 Å². The number of aliphatic hydroxyl groups is 1. The Hall–Kier alpha value is -1.88. The molecular formula is C16H20N2O3. The number of aliphatic hydroxyl groups excluding tert-OH is 1. The van der Waals surface area contributed by atoms with Gasteiger partial charge in [-0.15, -0.1) is 0 Å². The Bertz CT molecular complexity index is 669. The van der Waals surface area contributed by atoms with Gasteiger partial charge in [0.1, 0.15) is 5.82 Å². The molecule has 0 unspecified atom stereocenters. The lowest BCUT2D eigenvalue weighted by molar-refractivity contribution is 0.0697. The summed E-state index contributed by atoms with van der Waals surface area (Å²) in [6, 6.07) is 5.11. The summed E-state index contributed by atoms with van der Waals surface area (Å²) < 4.78 is 2.17. The summed E-state index contributed by atoms with van der Waals surface area (Å²) in [7, 11) is 0. The van der Waals surface area contributed by atoms with Gasteiger partial charge in [0, 0.05) is 6.54 Å². The van der Waals surface area contributed by atoms with Crippen LogP contribution in [0, 0.1) is 12.8 Å². The molecule has 1 aromatic carbocycles. The van der Waals surface area contributed by atoms with E-state index in [1.54, 1.807) is 12.1 Å². The van der Waals surface area contributed by atoms with Crippen molar-refractivity contribution in [3.8, 4) is 0 Å². The minimum absolute atomic E-state index is 0.139. The highest BCUT2D eigenvalue weighted by atomic mass is 16.4. The number of nitrogens with zero attached hydrogens (tertiary/aromatic N) is 2. The molecule has 0 atom stereocenters. The van der Waals surface area contributed by atoms with Crippen LogP contribution in [0.15, 0.2) is 18.2 Å². The molecule has 5 nitrogen and oxygen atoms in total. The minimum Gasteiger partial charge on any atom is -0.478 e. The second-order valence-corrected chi connectivity index (χ2v) is 5.95. The molecule has 1 fully saturated rings. The molecule has 1 saturated carbocycles. The van der Waals surface area contributed by atoms with Crippen LogP contribution >= 0.6 is 0 Å². The van der Waals surface area contributed by atoms with Gasteiger partial charge < -0.3 is 14.8 Å². The molecule has 1 aliphatic rings. The van der Waals surface area contributed by atoms with Gasteiger partial charge in [0.15, 0.2) is 0 Å². The summed E-state index contributed by atoms with van der Waals surface area (Å²) >= 11 is 0. The predicted molar refractivity (Wildman–Crippen MR) is 79.4 cm³/mol. The van der Waals surface area contributed by atoms with Crippen molar-refractivity contribution in [2.24, 2.45) is 5.92 Å². The van der Waals surface area contributed by atoms with Crippen molar-refractivity contribution in [3.63, 3.8) is 0 Å². The van der Waals surface area contributed by atoms with Crippen LogP contribution in [0.2, 0.25) is 0 Å². The minimum atomic E-state index is -0.926. The first-order valence-corrected chi connectivity index (χ1v) is 7.43. The van der Waals surface area contributed by atoms with Crippen LogP contribution < -0.4 is 0 Å². The van der Waals surface area contributed by atoms with E-state index in [1.165, 1.54) is 0 Å². The summed E-state index contributed by atoms with van der Waals surface area (Å²) in [5, 5.41) is 18.6. The van der Waals surface area contributed by atoms with Crippen LogP contribution in [0.5, 0.6) is 0 Å². The number of aromatic carboxylic acids is 1. The van der Waals surface area contributed by atoms with E-state index in [0.717, 1.165) is 49.1 Å². The molecule has 1 aromatic heterocycles. The smallest absolute Gasteiger partial charge is 0.335 e. The highest BCUT2D eigenvalue weighted by molar-refractivity contribution is 5.92. The summed E-state index contributed by atoms with van der Waals surface area (Å²) in [6.07, 6.45) is 3.68. The van der Waals surface area contributed by atoms with E-state index in [2.05, 4.69) is 9.55 Å². The molecule has 5 heteroatoms. The maximum atomic E-state index is 11.0. The fraction of sp³-hybridized carbons (Fsp3) is 0.500. The van der Waals surface area contributed by atoms with Gasteiger partial charge in [0.2, 0.25) is 0 Å². The first-order valence-electron chi connectivity index (χ1n) is 7.43. The number of imidazole rings is 1. The zero-order valence-corrected chi connectivity index (χ0v) is 12.1. The van der Waals surface area contributed by atoms with Gasteiger partial charge >= 0.3 is 5.97 Å². The quantitative estimate of drug-likeness (QED) is 0.910. The average molecular weight is 288 g/mol. The number of benzene rings is 1. The van der Waals surface area contributed by atoms with Gasteiger partial charge in [-0.05, 0) is 56.7 Å². The molecule has 0 amide bonds. The van der Waals surface area contributed by atoms with Crippen LogP contribution in [-0.2, 0) is 6.54 Å². The lowest BCUT2D eigenvalue weighted by atomic mass is 9.87. The largest absolute Gasteiger partial charge is 0.478 e. The fourth-order valence-corrected chi connectivity index (χ4v) is 3.20. The number of carboxylic acid groups (broad SMARTS) is 1. The maximum Gasteiger partial charge on any atom is 0.335 e. The highest BCUT2D eigenvalue weighted by Gasteiger charge is 2.21. The predicted octanol–water partition coefficient (Wildman–Crippen LogP) is 2.59. The zero-order valence-electron chi connectivity index (χ0n) is 12.1. The Kier molecular flexibility index (Phi) is 3.68. The van der Waals surface area contributed by atoms with Crippen molar-refractivity contribution in [3.05, 3.63) is 29.6 Å². The molecule has 112 valence electrons. The van der Waals surface area contributed by atoms with Crippen molar-refractivity contribution in [1.29, 1.82) is 0 Å². The van der Waals surface area contributed by atoms with Gasteiger partial charge in [-0.1, -0.05) is 0 Å². The van der Waals surface area contributed by atoms with Crippen LogP contribution in [0.3, 0.4) is 0 Å². The third kappa shape index (κ3) is 2.78. The van der Waals surface area contributed by atoms with Crippen LogP contribution in [-0.4, -0.2) is 31.8 Å². The molecule has 21 heavy (non-hydrogen) atoms. The number of fused-ring (bicyclic) bond motifs is 1. The van der Waals surface area contributed by atoms with E-state index in [4.69, 9.17) is 5.11 Å². The third-order valence-corrected chi connectivity index (χ3v) is 4.44. The molecule has 1 heterocycles. The van der Waals surface area contributed by atoms with Crippen molar-refractivity contribution >= 4 is 17.0 Å². The number of aromatic nitrogens is 2. The molecule has 3 rings (SSSR count). The summed E-state index contributed by atoms with van der Waals surface area (Å²) in [6.45, 7) is 2.85. The molecule has 0 saturated heterocycles. The topological polar surface area (TPSA) is 75.3 Å². The number of carbonyl (C=O) groups is 1. The van der Waals surface area contributed by atoms with Crippen LogP contribution in [0.4, 0.5) is 0 Å². The lowest BCUT2D eigenvalue weighted by Crippen LogP contribution is -2.22. The summed E-state index contributed by atoms with van der Waals surface area (Å²) in [5.41, 5.74) is 2.00. The monoisotopic (exact) mass is 288 g/mol. The van der Waals surface area contributed by atoms with E-state index in [1.807, 2.05) is 13.0 Å². The molecule has 0 spiro atoms. The van der Waals surface area contributed by atoms with E-state index >= 15 is 0 Å². The Morgan fingerprint density at radius 3 is 2.71 bits per heavy atom. The zero-order chi connectivity index (χ0) is 15.0. The molecule has 0 bridgehead atoms. The Labute approximate surface area is 123 Å². The second kappa shape index (κ2) is 5.48. The molecule has 0 radical (unpaired) electrons. The van der Waals surface area contributed by atoms with E-state index < -0.39 is 5.97 Å². The lowest BCUT2D eigenvalue weighted by Gasteiger charge is -2.26. The van der Waals surface area contributed by atoms with Crippen LogP contribution in [0.1, 0.15) is 41.9 Å². The first kappa shape index (κ1) is 14.1. The molecule has 1 aliphatic carbocycles. The third-order valence-electron chi connectivity index (χ3n) is 4.44. The Morgan fingerprint density at radius 1 is 1.33 bits per heavy atom. The number of aryl methyl sites for hydroxylation is 1. The molecule has 2 N–H and O–H groups in total. The summed E-state index contributed by atoms with van der Waals surface area (Å²) in [4.78, 5) is 15.5. The van der Waals surface area contributed by atoms with Crippen molar-refractivity contribution in [2.45, 2.75) is 45.3 Å². The van der Waals surface area contributed by atoms with E-state index in [-0.39, 0.29) is 11.7 Å². The number of hydrogen-bond acceptors (Lipinski definition) is 3. The number of rotatable bonds is 3. The normalized spacial score (nSPS) is 22.6. The Morgan fingerprint density at radius 2 is 2.05 bits per heavy atom. The molecule has 0 aliphatic heterocycles. The fourth-order valence-electron chi connectivity index (χ4n) is 3.20. The first-order chi connectivity index (χ1) is 10.0. The van der Waals surface area contributed by atoms with Gasteiger partial charge in [-0.3, -0.25) is 0 Å². The van der Waals surface area contributed by atoms with Crippen molar-refractivity contribution in [2.75, 3.05) is 0 Å². The molecular weight excluding hydrogens is 268 g/mol. The van der Waals surface area contributed by atoms with E-state index in [9.17, 15) is 9.90 Å². The van der Waals surface area contributed by atoms with Gasteiger partial charge in [0.25, 0.3) is 0 Å². The number of hydrogen-bond donors (Lipinski definition) is 2. The van der Waals surface area contributed by atoms with Crippen LogP contribution in [0.25, 0.3) is 11.0 Å². The molecule has 2 aromatic rings. The van der Waals surface area contributed by atoms with Gasteiger partial charge in [-0.2, -0.15) is 0 Å². The second-order valence-electron chi connectivity index (χ2n) is 5.95. The highest BCUT2D eigenvalue weighted by Crippen LogP contribution is 2.28. The van der Waals surface area contributed by atoms with Gasteiger partial charge in [0.05, 0.1) is 22.7 Å². The number of carboxylic acids is 1. The SMILES string of the molecule is Cc1nc2cc(C(=O)O)ccc2n1CC1CCC(O)CC1. The maximum absolute atomic E-state index is 11.0. The Balaban J connectivity index is 1.88. The van der Waals surface area contributed by atoms with Gasteiger partial charge in [-0.25, -0.2) is 9.78 Å². The van der Waals surface area contributed by atoms with Crippen molar-refractivity contribution < 1.29 is 15.0 Å². The average Bonchev–Trinajstić information content (AvgIpc) is 2.76. The standard InChI is InChI=1S/C16H20N2O3/c1-10-17-14-8-12(16(20)21)4-7-15(14)18(10)9-11-2-5-13(19)6-3-11/h4,7-8,11,13,19H,2-3,5-6,9H2,1H3,(H,20,21). The van der Waals surface area contributed by atoms with Crippen molar-refractivity contribution in [1.82, 2.24) is 9.55 Å².